The quantitative estimate of drug-likeness (QED) is 0.648. The van der Waals surface area contributed by atoms with Crippen LogP contribution in [0.25, 0.3) is 11.3 Å². The summed E-state index contributed by atoms with van der Waals surface area (Å²) in [6, 6.07) is 19.7. The molecule has 0 unspecified atom stereocenters. The van der Waals surface area contributed by atoms with Crippen LogP contribution in [0.2, 0.25) is 0 Å². The molecule has 4 nitrogen and oxygen atoms in total. The van der Waals surface area contributed by atoms with Gasteiger partial charge in [0.25, 0.3) is 0 Å². The molecular weight excluding hydrogens is 375 g/mol. The molecule has 0 saturated carbocycles. The Morgan fingerprint density at radius 2 is 1.76 bits per heavy atom. The number of hydrogen-bond acceptors (Lipinski definition) is 3. The lowest BCUT2D eigenvalue weighted by atomic mass is 10.1. The molecule has 0 bridgehead atoms. The van der Waals surface area contributed by atoms with Gasteiger partial charge in [-0.15, -0.1) is 5.10 Å². The van der Waals surface area contributed by atoms with Crippen molar-refractivity contribution in [3.05, 3.63) is 69.4 Å². The molecule has 102 valence electrons. The van der Waals surface area contributed by atoms with Crippen molar-refractivity contribution in [1.82, 2.24) is 15.0 Å². The lowest BCUT2D eigenvalue weighted by Crippen LogP contribution is -2.03. The average Bonchev–Trinajstić information content (AvgIpc) is 2.89. The van der Waals surface area contributed by atoms with Gasteiger partial charge >= 0.3 is 0 Å². The van der Waals surface area contributed by atoms with E-state index < -0.39 is 0 Å². The first-order valence-corrected chi connectivity index (χ1v) is 7.49. The van der Waals surface area contributed by atoms with Crippen LogP contribution in [0.5, 0.6) is 0 Å². The van der Waals surface area contributed by atoms with Crippen molar-refractivity contribution in [3.8, 4) is 17.3 Å². The fourth-order valence-corrected chi connectivity index (χ4v) is 2.72. The van der Waals surface area contributed by atoms with Crippen LogP contribution in [-0.2, 0) is 6.54 Å². The molecule has 0 amide bonds. The molecule has 3 aromatic rings. The summed E-state index contributed by atoms with van der Waals surface area (Å²) >= 11 is 2.26. The largest absolute Gasteiger partial charge is 0.234 e. The molecule has 5 heteroatoms. The Hall–Kier alpha value is -2.20. The van der Waals surface area contributed by atoms with Gasteiger partial charge in [0.1, 0.15) is 9.39 Å². The van der Waals surface area contributed by atoms with Gasteiger partial charge in [0.05, 0.1) is 18.2 Å². The van der Waals surface area contributed by atoms with Crippen LogP contribution in [0.3, 0.4) is 0 Å². The first kappa shape index (κ1) is 13.8. The van der Waals surface area contributed by atoms with Crippen LogP contribution in [0.15, 0.2) is 54.6 Å². The van der Waals surface area contributed by atoms with Crippen LogP contribution >= 0.6 is 22.6 Å². The molecule has 0 N–H and O–H groups in total. The van der Waals surface area contributed by atoms with Crippen LogP contribution in [0, 0.1) is 15.0 Å². The van der Waals surface area contributed by atoms with E-state index in [0.717, 1.165) is 15.0 Å². The Bertz CT molecular complexity index is 785. The maximum absolute atomic E-state index is 8.84. The van der Waals surface area contributed by atoms with Gasteiger partial charge in [0.2, 0.25) is 0 Å². The van der Waals surface area contributed by atoms with Crippen LogP contribution in [0.4, 0.5) is 0 Å². The van der Waals surface area contributed by atoms with E-state index in [1.54, 1.807) is 12.1 Å². The molecule has 3 rings (SSSR count). The zero-order valence-corrected chi connectivity index (χ0v) is 13.2. The van der Waals surface area contributed by atoms with Gasteiger partial charge in [0, 0.05) is 5.56 Å². The third kappa shape index (κ3) is 2.95. The fraction of sp³-hybridized carbons (Fsp3) is 0.0625. The Kier molecular flexibility index (Phi) is 3.97. The highest BCUT2D eigenvalue weighted by Crippen LogP contribution is 2.23. The minimum absolute atomic E-state index is 0.644. The van der Waals surface area contributed by atoms with Crippen molar-refractivity contribution >= 4 is 22.6 Å². The molecule has 0 spiro atoms. The summed E-state index contributed by atoms with van der Waals surface area (Å²) in [6.07, 6.45) is 0. The zero-order valence-electron chi connectivity index (χ0n) is 11.1. The summed E-state index contributed by atoms with van der Waals surface area (Å²) in [6.45, 7) is 0.697. The summed E-state index contributed by atoms with van der Waals surface area (Å²) in [5.74, 6) is 0. The topological polar surface area (TPSA) is 54.5 Å². The van der Waals surface area contributed by atoms with E-state index in [0.29, 0.717) is 12.1 Å². The Morgan fingerprint density at radius 3 is 2.43 bits per heavy atom. The van der Waals surface area contributed by atoms with Crippen LogP contribution in [0.1, 0.15) is 11.1 Å². The third-order valence-electron chi connectivity index (χ3n) is 3.14. The number of aromatic nitrogens is 3. The smallest absolute Gasteiger partial charge is 0.127 e. The van der Waals surface area contributed by atoms with Gasteiger partial charge in [-0.3, -0.25) is 0 Å². The van der Waals surface area contributed by atoms with Crippen molar-refractivity contribution in [3.63, 3.8) is 0 Å². The maximum Gasteiger partial charge on any atom is 0.127 e. The predicted octanol–water partition coefficient (Wildman–Crippen LogP) is 3.47. The van der Waals surface area contributed by atoms with Gasteiger partial charge in [-0.05, 0) is 40.3 Å². The van der Waals surface area contributed by atoms with Crippen molar-refractivity contribution < 1.29 is 0 Å². The zero-order chi connectivity index (χ0) is 14.7. The summed E-state index contributed by atoms with van der Waals surface area (Å²) < 4.78 is 2.87. The highest BCUT2D eigenvalue weighted by atomic mass is 127. The summed E-state index contributed by atoms with van der Waals surface area (Å²) in [5, 5.41) is 17.3. The maximum atomic E-state index is 8.84. The normalized spacial score (nSPS) is 10.3. The van der Waals surface area contributed by atoms with Gasteiger partial charge < -0.3 is 0 Å². The monoisotopic (exact) mass is 386 g/mol. The lowest BCUT2D eigenvalue weighted by Gasteiger charge is -2.03. The van der Waals surface area contributed by atoms with Crippen molar-refractivity contribution in [1.29, 1.82) is 5.26 Å². The van der Waals surface area contributed by atoms with Crippen molar-refractivity contribution in [2.75, 3.05) is 0 Å². The number of rotatable bonds is 3. The molecule has 0 radical (unpaired) electrons. The standard InChI is InChI=1S/C16H11IN4/c17-16-15(14-8-6-12(10-18)7-9-14)19-20-21(16)11-13-4-2-1-3-5-13/h1-9H,11H2. The summed E-state index contributed by atoms with van der Waals surface area (Å²) in [7, 11) is 0. The van der Waals surface area contributed by atoms with E-state index in [-0.39, 0.29) is 0 Å². The second-order valence-corrected chi connectivity index (χ2v) is 5.58. The molecule has 0 fully saturated rings. The van der Waals surface area contributed by atoms with E-state index in [1.807, 2.05) is 35.0 Å². The number of benzene rings is 2. The minimum Gasteiger partial charge on any atom is -0.234 e. The van der Waals surface area contributed by atoms with Gasteiger partial charge in [0.15, 0.2) is 0 Å². The van der Waals surface area contributed by atoms with E-state index in [4.69, 9.17) is 5.26 Å². The third-order valence-corrected chi connectivity index (χ3v) is 4.21. The molecule has 1 aromatic heterocycles. The van der Waals surface area contributed by atoms with Gasteiger partial charge in [-0.25, -0.2) is 4.68 Å². The van der Waals surface area contributed by atoms with E-state index >= 15 is 0 Å². The van der Waals surface area contributed by atoms with Crippen molar-refractivity contribution in [2.24, 2.45) is 0 Å². The molecule has 0 aliphatic carbocycles. The van der Waals surface area contributed by atoms with Gasteiger partial charge in [-0.1, -0.05) is 47.7 Å². The van der Waals surface area contributed by atoms with E-state index in [2.05, 4.69) is 51.1 Å². The SMILES string of the molecule is N#Cc1ccc(-c2nnn(Cc3ccccc3)c2I)cc1. The van der Waals surface area contributed by atoms with E-state index in [1.165, 1.54) is 5.56 Å². The number of halogens is 1. The lowest BCUT2D eigenvalue weighted by molar-refractivity contribution is 0.636. The highest BCUT2D eigenvalue weighted by Gasteiger charge is 2.12. The Balaban J connectivity index is 1.90. The number of nitrogens with zero attached hydrogens (tertiary/aromatic N) is 4. The Labute approximate surface area is 136 Å². The molecular formula is C16H11IN4. The van der Waals surface area contributed by atoms with Crippen LogP contribution in [-0.4, -0.2) is 15.0 Å². The molecule has 0 aliphatic rings. The summed E-state index contributed by atoms with van der Waals surface area (Å²) in [4.78, 5) is 0. The first-order chi connectivity index (χ1) is 10.3. The second kappa shape index (κ2) is 6.06. The molecule has 21 heavy (non-hydrogen) atoms. The average molecular weight is 386 g/mol. The van der Waals surface area contributed by atoms with E-state index in [9.17, 15) is 0 Å². The highest BCUT2D eigenvalue weighted by molar-refractivity contribution is 14.1. The second-order valence-electron chi connectivity index (χ2n) is 4.56. The molecule has 2 aromatic carbocycles. The molecule has 0 saturated heterocycles. The number of nitriles is 1. The first-order valence-electron chi connectivity index (χ1n) is 6.41. The molecule has 1 heterocycles. The van der Waals surface area contributed by atoms with Crippen LogP contribution < -0.4 is 0 Å². The van der Waals surface area contributed by atoms with Crippen molar-refractivity contribution in [2.45, 2.75) is 6.54 Å². The van der Waals surface area contributed by atoms with Gasteiger partial charge in [-0.2, -0.15) is 5.26 Å². The molecule has 0 aliphatic heterocycles. The number of hydrogen-bond donors (Lipinski definition) is 0. The predicted molar refractivity (Wildman–Crippen MR) is 88.4 cm³/mol. The minimum atomic E-state index is 0.644. The fourth-order valence-electron chi connectivity index (χ4n) is 2.04. The molecule has 0 atom stereocenters. The summed E-state index contributed by atoms with van der Waals surface area (Å²) in [5.41, 5.74) is 3.64. The Morgan fingerprint density at radius 1 is 1.05 bits per heavy atom.